The van der Waals surface area contributed by atoms with Crippen molar-refractivity contribution >= 4 is 61.7 Å². The number of nitrogens with one attached hydrogen (secondary N) is 2. The zero-order valence-corrected chi connectivity index (χ0v) is 45.3. The van der Waals surface area contributed by atoms with Crippen molar-refractivity contribution in [2.45, 2.75) is 114 Å². The number of anilines is 3. The molecule has 1 saturated heterocycles. The van der Waals surface area contributed by atoms with Gasteiger partial charge in [0.15, 0.2) is 23.2 Å². The number of nitrogens with two attached hydrogens (primary N) is 1. The van der Waals surface area contributed by atoms with E-state index in [4.69, 9.17) is 24.6 Å². The molecule has 8 heterocycles. The Morgan fingerprint density at radius 3 is 2.46 bits per heavy atom. The number of nitrogen functional groups attached to an aromatic ring is 1. The smallest absolute Gasteiger partial charge is 0.470 e. The van der Waals surface area contributed by atoms with Gasteiger partial charge in [-0.2, -0.15) is 0 Å². The maximum Gasteiger partial charge on any atom is 0.470 e. The van der Waals surface area contributed by atoms with Gasteiger partial charge in [-0.1, -0.05) is 31.0 Å². The molecule has 5 aromatic rings. The van der Waals surface area contributed by atoms with Crippen LogP contribution in [-0.2, 0) is 53.4 Å². The predicted molar refractivity (Wildman–Crippen MR) is 285 cm³/mol. The highest BCUT2D eigenvalue weighted by atomic mass is 31.2. The van der Waals surface area contributed by atoms with Gasteiger partial charge in [0.25, 0.3) is 13.7 Å². The summed E-state index contributed by atoms with van der Waals surface area (Å²) >= 11 is 0. The van der Waals surface area contributed by atoms with Gasteiger partial charge >= 0.3 is 7.82 Å². The fourth-order valence-electron chi connectivity index (χ4n) is 12.4. The summed E-state index contributed by atoms with van der Waals surface area (Å²) in [7, 11) is -8.72. The molecule has 0 saturated carbocycles. The number of nitrogens with zero attached hydrogens (tertiary/aromatic N) is 7. The third-order valence-corrected chi connectivity index (χ3v) is 16.8. The van der Waals surface area contributed by atoms with Crippen LogP contribution in [0.3, 0.4) is 0 Å². The number of amides is 2. The minimum Gasteiger partial charge on any atom is -0.756 e. The predicted octanol–water partition coefficient (Wildman–Crippen LogP) is 2.70. The quantitative estimate of drug-likeness (QED) is 0.0328. The van der Waals surface area contributed by atoms with E-state index in [0.29, 0.717) is 44.5 Å². The molecule has 1 unspecified atom stereocenters. The van der Waals surface area contributed by atoms with Gasteiger partial charge in [-0.15, -0.1) is 0 Å². The second-order valence-electron chi connectivity index (χ2n) is 21.0. The Labute approximate surface area is 449 Å². The van der Waals surface area contributed by atoms with Crippen molar-refractivity contribution in [3.8, 4) is 11.5 Å². The summed E-state index contributed by atoms with van der Waals surface area (Å²) in [5.41, 5.74) is 16.6. The molecule has 2 amide bonds. The SMILES string of the molecule is CN(CCCC(=O)NCCCCCCNc1nc2c(N)ncnc2n1[C@@H]1O[C@H](COP(=O)([O-])O)[C@@H](O)[C@H]1OP(=O)(O)O)C(=O)c1ccccc1C1=c2cc3c4c(c2Oc2c1cc1c5c2CCCN5CCC1)CCC[N+]=4CCC3. The summed E-state index contributed by atoms with van der Waals surface area (Å²) in [5.74, 6) is 1.74. The van der Waals surface area contributed by atoms with Crippen molar-refractivity contribution in [2.75, 3.05) is 75.4 Å². The zero-order valence-electron chi connectivity index (χ0n) is 43.5. The lowest BCUT2D eigenvalue weighted by atomic mass is 9.81. The number of fused-ring (bicyclic) bond motifs is 5. The molecule has 23 nitrogen and oxygen atoms in total. The summed E-state index contributed by atoms with van der Waals surface area (Å²) in [4.78, 5) is 84.5. The standard InChI is InChI=1S/C53H66N10O13P2/c1-60(22-12-19-40(64)55-20-6-2-3-7-21-56-53-59-42-49(54)57-30-58-50(42)63(53)52-48(76-78(70,71)72)45(65)39(74-52)29-73-77(67,68)69)51(66)34-16-5-4-15-33(34)41-37-27-31-13-8-23-61-25-10-17-35(43(31)61)46(37)75-47-36-18-11-26-62-24-9-14-32(44(36)62)28-38(41)47/h4-5,15-16,27-28,30,39,45,48,52,54,65H,2-3,6-14,17-26,29H2,1H3,(H6,55,64,66,67,68,69,70,71,72)/t39-,45-,48-,52-/m1/s1. The molecular formula is C53H66N10O13P2. The van der Waals surface area contributed by atoms with Crippen molar-refractivity contribution in [1.82, 2.24) is 34.3 Å². The number of imidazole rings is 1. The van der Waals surface area contributed by atoms with E-state index in [1.54, 1.807) is 11.9 Å². The highest BCUT2D eigenvalue weighted by molar-refractivity contribution is 7.46. The minimum absolute atomic E-state index is 0.0248. The number of unbranched alkanes of at least 4 members (excludes halogenated alkanes) is 3. The molecule has 0 spiro atoms. The maximum absolute atomic E-state index is 14.7. The van der Waals surface area contributed by atoms with Crippen LogP contribution in [-0.4, -0.2) is 134 Å². The Hall–Kier alpha value is -5.84. The first kappa shape index (κ1) is 54.1. The van der Waals surface area contributed by atoms with E-state index in [2.05, 4.69) is 57.8 Å². The number of carbonyl (C=O) groups excluding carboxylic acids is 2. The number of aliphatic hydroxyl groups is 1. The molecule has 416 valence electrons. The van der Waals surface area contributed by atoms with E-state index in [9.17, 15) is 38.5 Å². The first-order valence-corrected chi connectivity index (χ1v) is 30.1. The number of carbonyl (C=O) groups is 2. The number of benzene rings is 3. The number of aliphatic hydroxyl groups excluding tert-OH is 1. The Morgan fingerprint density at radius 1 is 0.923 bits per heavy atom. The van der Waals surface area contributed by atoms with Gasteiger partial charge in [0.2, 0.25) is 17.2 Å². The molecule has 8 N–H and O–H groups in total. The van der Waals surface area contributed by atoms with Crippen LogP contribution in [0.15, 0.2) is 42.7 Å². The fourth-order valence-corrected chi connectivity index (χ4v) is 13.3. The molecule has 25 heteroatoms. The topological polar surface area (TPSA) is 312 Å². The summed E-state index contributed by atoms with van der Waals surface area (Å²) in [6.45, 7) is 4.53. The lowest BCUT2D eigenvalue weighted by Gasteiger charge is -2.39. The van der Waals surface area contributed by atoms with E-state index >= 15 is 0 Å². The Balaban J connectivity index is 0.707. The van der Waals surface area contributed by atoms with E-state index in [-0.39, 0.29) is 41.2 Å². The monoisotopic (exact) mass is 1110 g/mol. The third kappa shape index (κ3) is 10.9. The lowest BCUT2D eigenvalue weighted by molar-refractivity contribution is -0.222. The number of phosphoric ester groups is 2. The molecule has 0 bridgehead atoms. The average Bonchev–Trinajstić information content (AvgIpc) is 3.76. The summed E-state index contributed by atoms with van der Waals surface area (Å²) < 4.78 is 49.5. The van der Waals surface area contributed by atoms with Crippen LogP contribution in [0.4, 0.5) is 17.5 Å². The van der Waals surface area contributed by atoms with Crippen molar-refractivity contribution in [2.24, 2.45) is 0 Å². The van der Waals surface area contributed by atoms with Crippen LogP contribution in [0, 0.1) is 0 Å². The van der Waals surface area contributed by atoms with Crippen molar-refractivity contribution < 1.29 is 61.9 Å². The van der Waals surface area contributed by atoms with Gasteiger partial charge in [0.05, 0.1) is 12.2 Å². The largest absolute Gasteiger partial charge is 0.756 e. The van der Waals surface area contributed by atoms with Gasteiger partial charge in [-0.25, -0.2) is 24.1 Å². The van der Waals surface area contributed by atoms with Gasteiger partial charge in [0.1, 0.15) is 49.2 Å². The maximum atomic E-state index is 14.7. The number of rotatable bonds is 20. The zero-order chi connectivity index (χ0) is 54.5. The van der Waals surface area contributed by atoms with Crippen molar-refractivity contribution in [1.29, 1.82) is 0 Å². The first-order chi connectivity index (χ1) is 37.5. The van der Waals surface area contributed by atoms with E-state index in [1.165, 1.54) is 37.9 Å². The van der Waals surface area contributed by atoms with Gasteiger partial charge in [0, 0.05) is 97.8 Å². The van der Waals surface area contributed by atoms with E-state index in [1.807, 2.05) is 18.2 Å². The molecular weight excluding hydrogens is 1050 g/mol. The highest BCUT2D eigenvalue weighted by Crippen LogP contribution is 2.50. The minimum atomic E-state index is -5.26. The second kappa shape index (κ2) is 22.4. The lowest BCUT2D eigenvalue weighted by Crippen LogP contribution is -2.45. The fraction of sp³-hybridized carbons (Fsp3) is 0.509. The molecule has 6 aliphatic rings. The molecule has 78 heavy (non-hydrogen) atoms. The van der Waals surface area contributed by atoms with Crippen LogP contribution < -0.4 is 46.0 Å². The molecule has 1 fully saturated rings. The number of aryl methyl sites for hydroxylation is 2. The van der Waals surface area contributed by atoms with Crippen LogP contribution in [0.1, 0.15) is 114 Å². The number of ether oxygens (including phenoxy) is 2. The highest BCUT2D eigenvalue weighted by Gasteiger charge is 2.50. The van der Waals surface area contributed by atoms with Gasteiger partial charge < -0.3 is 64.8 Å². The summed E-state index contributed by atoms with van der Waals surface area (Å²) in [6, 6.07) is 12.7. The van der Waals surface area contributed by atoms with Crippen molar-refractivity contribution in [3.63, 3.8) is 0 Å². The van der Waals surface area contributed by atoms with Crippen LogP contribution in [0.25, 0.3) is 16.7 Å². The Kier molecular flexibility index (Phi) is 15.5. The normalized spacial score (nSPS) is 21.0. The summed E-state index contributed by atoms with van der Waals surface area (Å²) in [6.07, 6.45) is 6.32. The summed E-state index contributed by atoms with van der Waals surface area (Å²) in [5, 5.41) is 19.5. The van der Waals surface area contributed by atoms with Crippen LogP contribution >= 0.6 is 15.6 Å². The second-order valence-corrected chi connectivity index (χ2v) is 23.4. The average molecular weight is 1110 g/mol. The number of phosphoric acid groups is 2. The van der Waals surface area contributed by atoms with Gasteiger partial charge in [-0.05, 0) is 87.1 Å². The third-order valence-electron chi connectivity index (χ3n) is 15.8. The number of aromatic nitrogens is 4. The van der Waals surface area contributed by atoms with Crippen LogP contribution in [0.2, 0.25) is 0 Å². The van der Waals surface area contributed by atoms with Crippen molar-refractivity contribution in [3.05, 3.63) is 92.2 Å². The number of hydrogen-bond donors (Lipinski definition) is 7. The van der Waals surface area contributed by atoms with Crippen LogP contribution in [0.5, 0.6) is 11.5 Å². The molecule has 2 aromatic heterocycles. The van der Waals surface area contributed by atoms with E-state index in [0.717, 1.165) is 130 Å². The Morgan fingerprint density at radius 2 is 1.67 bits per heavy atom. The molecule has 0 aliphatic carbocycles. The first-order valence-electron chi connectivity index (χ1n) is 27.1. The molecule has 3 aromatic carbocycles. The Bertz CT molecular complexity index is 3400. The molecule has 6 aliphatic heterocycles. The molecule has 0 radical (unpaired) electrons. The number of hydrogen-bond acceptors (Lipinski definition) is 16. The molecule has 5 atom stereocenters. The van der Waals surface area contributed by atoms with Gasteiger partial charge in [-0.3, -0.25) is 23.2 Å². The molecule has 11 rings (SSSR count). The van der Waals surface area contributed by atoms with E-state index < -0.39 is 46.8 Å².